The summed E-state index contributed by atoms with van der Waals surface area (Å²) in [6.07, 6.45) is 0. The molecule has 0 radical (unpaired) electrons. The van der Waals surface area contributed by atoms with Crippen molar-refractivity contribution in [3.8, 4) is 11.5 Å². The number of ether oxygens (including phenoxy) is 2. The minimum Gasteiger partial charge on any atom is -0.497 e. The summed E-state index contributed by atoms with van der Waals surface area (Å²) in [7, 11) is 3.03. The average Bonchev–Trinajstić information content (AvgIpc) is 3.00. The van der Waals surface area contributed by atoms with Gasteiger partial charge in [0.05, 0.1) is 14.2 Å². The van der Waals surface area contributed by atoms with Gasteiger partial charge in [-0.2, -0.15) is 0 Å². The molecule has 2 unspecified atom stereocenters. The van der Waals surface area contributed by atoms with Crippen LogP contribution in [0.15, 0.2) is 109 Å². The van der Waals surface area contributed by atoms with Crippen molar-refractivity contribution in [3.63, 3.8) is 0 Å². The molecule has 0 aromatic heterocycles. The zero-order valence-electron chi connectivity index (χ0n) is 22.0. The van der Waals surface area contributed by atoms with Crippen molar-refractivity contribution in [2.45, 2.75) is 0 Å². The van der Waals surface area contributed by atoms with Gasteiger partial charge in [0.15, 0.2) is 11.6 Å². The molecule has 2 atom stereocenters. The van der Waals surface area contributed by atoms with Crippen LogP contribution in [0.4, 0.5) is 11.4 Å². The molecule has 4 aromatic rings. The lowest BCUT2D eigenvalue weighted by Crippen LogP contribution is -2.45. The minimum absolute atomic E-state index is 0.195. The summed E-state index contributed by atoms with van der Waals surface area (Å²) >= 11 is 0. The third kappa shape index (κ3) is 6.60. The van der Waals surface area contributed by atoms with Crippen LogP contribution in [0, 0.1) is 11.8 Å². The fraction of sp³-hybridized carbons (Fsp3) is 0.125. The molecule has 0 fully saturated rings. The van der Waals surface area contributed by atoms with Gasteiger partial charge < -0.3 is 20.1 Å². The quantitative estimate of drug-likeness (QED) is 0.199. The number of nitrogens with one attached hydrogen (secondary N) is 2. The fourth-order valence-electron chi connectivity index (χ4n) is 4.20. The van der Waals surface area contributed by atoms with Crippen LogP contribution in [0.2, 0.25) is 0 Å². The number of amides is 2. The normalized spacial score (nSPS) is 11.9. The van der Waals surface area contributed by atoms with Gasteiger partial charge in [0.1, 0.15) is 23.3 Å². The largest absolute Gasteiger partial charge is 0.497 e. The first-order chi connectivity index (χ1) is 19.4. The van der Waals surface area contributed by atoms with E-state index in [-0.39, 0.29) is 11.1 Å². The van der Waals surface area contributed by atoms with Gasteiger partial charge in [-0.05, 0) is 48.5 Å². The van der Waals surface area contributed by atoms with Crippen LogP contribution in [-0.4, -0.2) is 37.6 Å². The van der Waals surface area contributed by atoms with Gasteiger partial charge in [-0.1, -0.05) is 60.7 Å². The Morgan fingerprint density at radius 3 is 1.12 bits per heavy atom. The van der Waals surface area contributed by atoms with Crippen LogP contribution in [0.1, 0.15) is 20.7 Å². The highest BCUT2D eigenvalue weighted by molar-refractivity contribution is 6.24. The average molecular weight is 537 g/mol. The lowest BCUT2D eigenvalue weighted by Gasteiger charge is -2.24. The van der Waals surface area contributed by atoms with Crippen LogP contribution in [0.5, 0.6) is 11.5 Å². The highest BCUT2D eigenvalue weighted by Crippen LogP contribution is 2.27. The lowest BCUT2D eigenvalue weighted by molar-refractivity contribution is -0.126. The Hall–Kier alpha value is -5.24. The molecule has 0 heterocycles. The molecule has 0 bridgehead atoms. The number of methoxy groups -OCH3 is 2. The van der Waals surface area contributed by atoms with Crippen LogP contribution < -0.4 is 20.1 Å². The van der Waals surface area contributed by atoms with E-state index in [2.05, 4.69) is 10.6 Å². The summed E-state index contributed by atoms with van der Waals surface area (Å²) in [4.78, 5) is 55.3. The molecule has 8 nitrogen and oxygen atoms in total. The van der Waals surface area contributed by atoms with Gasteiger partial charge >= 0.3 is 0 Å². The molecule has 202 valence electrons. The van der Waals surface area contributed by atoms with E-state index in [4.69, 9.17) is 9.47 Å². The minimum atomic E-state index is -1.67. The van der Waals surface area contributed by atoms with Crippen molar-refractivity contribution in [1.82, 2.24) is 0 Å². The van der Waals surface area contributed by atoms with Crippen LogP contribution in [0.25, 0.3) is 0 Å². The summed E-state index contributed by atoms with van der Waals surface area (Å²) < 4.78 is 10.3. The Bertz CT molecular complexity index is 1350. The zero-order valence-corrected chi connectivity index (χ0v) is 22.0. The van der Waals surface area contributed by atoms with E-state index in [1.54, 1.807) is 109 Å². The van der Waals surface area contributed by atoms with E-state index in [0.717, 1.165) is 0 Å². The van der Waals surface area contributed by atoms with E-state index in [1.165, 1.54) is 14.2 Å². The summed E-state index contributed by atoms with van der Waals surface area (Å²) in [6, 6.07) is 29.2. The number of ketones is 2. The second-order valence-electron chi connectivity index (χ2n) is 8.85. The van der Waals surface area contributed by atoms with Crippen LogP contribution in [-0.2, 0) is 9.59 Å². The van der Waals surface area contributed by atoms with Crippen molar-refractivity contribution in [3.05, 3.63) is 120 Å². The standard InChI is InChI=1S/C32H28N2O6/c1-39-25-17-13-23(14-18-25)33-31(37)27(29(35)21-9-5-3-6-10-21)28(30(36)22-11-7-4-8-12-22)32(38)34-24-15-19-26(40-2)20-16-24/h3-20,27-28H,1-2H3,(H,33,37)(H,34,38). The number of anilines is 2. The number of carbonyl (C=O) groups is 4. The highest BCUT2D eigenvalue weighted by Gasteiger charge is 2.44. The van der Waals surface area contributed by atoms with Crippen molar-refractivity contribution >= 4 is 34.8 Å². The molecule has 40 heavy (non-hydrogen) atoms. The SMILES string of the molecule is COc1ccc(NC(=O)C(C(=O)c2ccccc2)C(C(=O)Nc2ccc(OC)cc2)C(=O)c2ccccc2)cc1. The molecule has 8 heteroatoms. The maximum atomic E-state index is 13.9. The number of hydrogen-bond donors (Lipinski definition) is 2. The third-order valence-corrected chi connectivity index (χ3v) is 6.29. The number of benzene rings is 4. The van der Waals surface area contributed by atoms with Crippen molar-refractivity contribution in [1.29, 1.82) is 0 Å². The predicted molar refractivity (Wildman–Crippen MR) is 152 cm³/mol. The summed E-state index contributed by atoms with van der Waals surface area (Å²) in [5, 5.41) is 5.40. The molecule has 4 aromatic carbocycles. The van der Waals surface area contributed by atoms with E-state index < -0.39 is 35.2 Å². The molecule has 0 aliphatic heterocycles. The Morgan fingerprint density at radius 2 is 0.825 bits per heavy atom. The Balaban J connectivity index is 1.76. The molecule has 4 rings (SSSR count). The van der Waals surface area contributed by atoms with Gasteiger partial charge in [-0.3, -0.25) is 19.2 Å². The molecule has 0 saturated heterocycles. The van der Waals surface area contributed by atoms with Crippen LogP contribution >= 0.6 is 0 Å². The number of hydrogen-bond acceptors (Lipinski definition) is 6. The maximum Gasteiger partial charge on any atom is 0.236 e. The summed E-state index contributed by atoms with van der Waals surface area (Å²) in [5.74, 6) is -5.10. The second kappa shape index (κ2) is 13.0. The van der Waals surface area contributed by atoms with Crippen molar-refractivity contribution in [2.75, 3.05) is 24.9 Å². The monoisotopic (exact) mass is 536 g/mol. The molecule has 0 saturated carbocycles. The Labute approximate surface area is 231 Å². The topological polar surface area (TPSA) is 111 Å². The maximum absolute atomic E-state index is 13.9. The molecule has 0 aliphatic rings. The molecule has 0 spiro atoms. The Morgan fingerprint density at radius 1 is 0.500 bits per heavy atom. The predicted octanol–water partition coefficient (Wildman–Crippen LogP) is 5.28. The second-order valence-corrected chi connectivity index (χ2v) is 8.85. The smallest absolute Gasteiger partial charge is 0.236 e. The Kier molecular flexibility index (Phi) is 9.04. The fourth-order valence-corrected chi connectivity index (χ4v) is 4.20. The van der Waals surface area contributed by atoms with E-state index in [1.807, 2.05) is 0 Å². The number of rotatable bonds is 11. The van der Waals surface area contributed by atoms with Gasteiger partial charge in [0.25, 0.3) is 0 Å². The van der Waals surface area contributed by atoms with E-state index in [0.29, 0.717) is 22.9 Å². The van der Waals surface area contributed by atoms with Crippen molar-refractivity contribution < 1.29 is 28.7 Å². The van der Waals surface area contributed by atoms with Gasteiger partial charge in [-0.25, -0.2) is 0 Å². The number of Topliss-reactive ketones (excluding diaryl/α,β-unsaturated/α-hetero) is 2. The molecular weight excluding hydrogens is 508 g/mol. The van der Waals surface area contributed by atoms with Crippen LogP contribution in [0.3, 0.4) is 0 Å². The highest BCUT2D eigenvalue weighted by atomic mass is 16.5. The molecular formula is C32H28N2O6. The van der Waals surface area contributed by atoms with E-state index >= 15 is 0 Å². The lowest BCUT2D eigenvalue weighted by atomic mass is 9.79. The molecule has 2 amide bonds. The van der Waals surface area contributed by atoms with Gasteiger partial charge in [-0.15, -0.1) is 0 Å². The van der Waals surface area contributed by atoms with Gasteiger partial charge in [0, 0.05) is 22.5 Å². The van der Waals surface area contributed by atoms with Crippen molar-refractivity contribution in [2.24, 2.45) is 11.8 Å². The van der Waals surface area contributed by atoms with Gasteiger partial charge in [0.2, 0.25) is 11.8 Å². The molecule has 0 aliphatic carbocycles. The number of carbonyl (C=O) groups excluding carboxylic acids is 4. The first-order valence-electron chi connectivity index (χ1n) is 12.5. The summed E-state index contributed by atoms with van der Waals surface area (Å²) in [5.41, 5.74) is 1.14. The third-order valence-electron chi connectivity index (χ3n) is 6.29. The summed E-state index contributed by atoms with van der Waals surface area (Å²) in [6.45, 7) is 0. The first-order valence-corrected chi connectivity index (χ1v) is 12.5. The zero-order chi connectivity index (χ0) is 28.5. The molecule has 2 N–H and O–H groups in total. The first kappa shape index (κ1) is 27.8. The van der Waals surface area contributed by atoms with E-state index in [9.17, 15) is 19.2 Å².